The average Bonchev–Trinajstić information content (AvgIpc) is 2.43. The molecule has 0 bridgehead atoms. The van der Waals surface area contributed by atoms with Crippen molar-refractivity contribution < 1.29 is 23.1 Å². The molecule has 0 saturated heterocycles. The van der Waals surface area contributed by atoms with Crippen LogP contribution in [-0.4, -0.2) is 11.1 Å². The van der Waals surface area contributed by atoms with Gasteiger partial charge in [-0.25, -0.2) is 13.2 Å². The van der Waals surface area contributed by atoms with Crippen LogP contribution in [0.3, 0.4) is 0 Å². The summed E-state index contributed by atoms with van der Waals surface area (Å²) in [4.78, 5) is 11.3. The topological polar surface area (TPSA) is 37.3 Å². The lowest BCUT2D eigenvalue weighted by molar-refractivity contribution is -0.138. The molecule has 2 rings (SSSR count). The van der Waals surface area contributed by atoms with Gasteiger partial charge in [-0.3, -0.25) is 4.79 Å². The van der Waals surface area contributed by atoms with Crippen molar-refractivity contribution in [2.75, 3.05) is 0 Å². The zero-order chi connectivity index (χ0) is 15.6. The quantitative estimate of drug-likeness (QED) is 0.828. The molecular formula is C15H10BrF3O2. The molecule has 110 valence electrons. The highest BCUT2D eigenvalue weighted by atomic mass is 79.9. The Kier molecular flexibility index (Phi) is 4.67. The van der Waals surface area contributed by atoms with Crippen LogP contribution in [0.15, 0.2) is 40.9 Å². The molecular weight excluding hydrogens is 349 g/mol. The molecule has 2 aromatic rings. The molecule has 1 N–H and O–H groups in total. The second-order valence-corrected chi connectivity index (χ2v) is 5.33. The van der Waals surface area contributed by atoms with Gasteiger partial charge in [0.05, 0.1) is 10.4 Å². The standard InChI is InChI=1S/C15H10BrF3O2/c16-12-4-5-13(18)11(14(12)19)7-10(15(20)21)8-2-1-3-9(17)6-8/h1-6,10H,7H2,(H,20,21). The Hall–Kier alpha value is -1.82. The molecule has 0 aliphatic rings. The first-order chi connectivity index (χ1) is 9.90. The molecule has 0 aromatic heterocycles. The fraction of sp³-hybridized carbons (Fsp3) is 0.133. The van der Waals surface area contributed by atoms with Crippen LogP contribution in [0.4, 0.5) is 13.2 Å². The smallest absolute Gasteiger partial charge is 0.311 e. The summed E-state index contributed by atoms with van der Waals surface area (Å²) < 4.78 is 40.9. The van der Waals surface area contributed by atoms with E-state index >= 15 is 0 Å². The van der Waals surface area contributed by atoms with E-state index in [0.717, 1.165) is 12.1 Å². The number of hydrogen-bond acceptors (Lipinski definition) is 1. The van der Waals surface area contributed by atoms with Crippen molar-refractivity contribution in [3.63, 3.8) is 0 Å². The normalized spacial score (nSPS) is 12.2. The van der Waals surface area contributed by atoms with Crippen LogP contribution in [0.2, 0.25) is 0 Å². The molecule has 0 saturated carbocycles. The minimum absolute atomic E-state index is 0.0438. The Morgan fingerprint density at radius 3 is 2.52 bits per heavy atom. The Morgan fingerprint density at radius 2 is 1.90 bits per heavy atom. The third-order valence-corrected chi connectivity index (χ3v) is 3.71. The minimum atomic E-state index is -1.28. The summed E-state index contributed by atoms with van der Waals surface area (Å²) >= 11 is 2.93. The summed E-state index contributed by atoms with van der Waals surface area (Å²) in [5.41, 5.74) is -0.192. The van der Waals surface area contributed by atoms with Crippen LogP contribution < -0.4 is 0 Å². The Bertz CT molecular complexity index is 689. The van der Waals surface area contributed by atoms with Gasteiger partial charge in [0.2, 0.25) is 0 Å². The van der Waals surface area contributed by atoms with Crippen LogP contribution in [-0.2, 0) is 11.2 Å². The first-order valence-corrected chi connectivity index (χ1v) is 6.80. The van der Waals surface area contributed by atoms with Gasteiger partial charge in [0.1, 0.15) is 17.5 Å². The van der Waals surface area contributed by atoms with E-state index in [9.17, 15) is 23.1 Å². The molecule has 2 nitrogen and oxygen atoms in total. The first-order valence-electron chi connectivity index (χ1n) is 6.00. The first kappa shape index (κ1) is 15.6. The second kappa shape index (κ2) is 6.30. The van der Waals surface area contributed by atoms with Crippen LogP contribution in [0, 0.1) is 17.5 Å². The second-order valence-electron chi connectivity index (χ2n) is 4.47. The number of halogens is 4. The summed E-state index contributed by atoms with van der Waals surface area (Å²) in [7, 11) is 0. The number of carboxylic acid groups (broad SMARTS) is 1. The van der Waals surface area contributed by atoms with E-state index in [1.165, 1.54) is 24.3 Å². The molecule has 2 aromatic carbocycles. The summed E-state index contributed by atoms with van der Waals surface area (Å²) in [5.74, 6) is -4.80. The molecule has 0 aliphatic carbocycles. The van der Waals surface area contributed by atoms with Crippen molar-refractivity contribution in [2.45, 2.75) is 12.3 Å². The lowest BCUT2D eigenvalue weighted by Gasteiger charge is -2.14. The van der Waals surface area contributed by atoms with E-state index in [1.807, 2.05) is 0 Å². The molecule has 0 aliphatic heterocycles. The van der Waals surface area contributed by atoms with E-state index in [2.05, 4.69) is 15.9 Å². The predicted octanol–water partition coefficient (Wildman–Crippen LogP) is 4.28. The summed E-state index contributed by atoms with van der Waals surface area (Å²) in [6, 6.07) is 7.23. The molecule has 0 radical (unpaired) electrons. The van der Waals surface area contributed by atoms with Gasteiger partial charge in [0.15, 0.2) is 0 Å². The fourth-order valence-electron chi connectivity index (χ4n) is 2.03. The van der Waals surface area contributed by atoms with Gasteiger partial charge in [-0.15, -0.1) is 0 Å². The van der Waals surface area contributed by atoms with Crippen LogP contribution >= 0.6 is 15.9 Å². The summed E-state index contributed by atoms with van der Waals surface area (Å²) in [6.45, 7) is 0. The van der Waals surface area contributed by atoms with Gasteiger partial charge < -0.3 is 5.11 Å². The molecule has 6 heteroatoms. The van der Waals surface area contributed by atoms with Crippen LogP contribution in [0.5, 0.6) is 0 Å². The van der Waals surface area contributed by atoms with Gasteiger partial charge in [-0.1, -0.05) is 12.1 Å². The number of aliphatic carboxylic acids is 1. The Labute approximate surface area is 127 Å². The third-order valence-electron chi connectivity index (χ3n) is 3.10. The number of carbonyl (C=O) groups is 1. The highest BCUT2D eigenvalue weighted by Crippen LogP contribution is 2.28. The predicted molar refractivity (Wildman–Crippen MR) is 74.5 cm³/mol. The van der Waals surface area contributed by atoms with E-state index in [4.69, 9.17) is 0 Å². The van der Waals surface area contributed by atoms with Crippen molar-refractivity contribution in [1.29, 1.82) is 0 Å². The van der Waals surface area contributed by atoms with Crippen LogP contribution in [0.25, 0.3) is 0 Å². The maximum absolute atomic E-state index is 13.9. The van der Waals surface area contributed by atoms with Gasteiger partial charge in [-0.2, -0.15) is 0 Å². The third kappa shape index (κ3) is 3.44. The molecule has 21 heavy (non-hydrogen) atoms. The van der Waals surface area contributed by atoms with Gasteiger partial charge in [-0.05, 0) is 52.2 Å². The van der Waals surface area contributed by atoms with E-state index in [1.54, 1.807) is 0 Å². The number of hydrogen-bond donors (Lipinski definition) is 1. The maximum atomic E-state index is 13.9. The van der Waals surface area contributed by atoms with Gasteiger partial charge in [0, 0.05) is 5.56 Å². The molecule has 0 amide bonds. The lowest BCUT2D eigenvalue weighted by atomic mass is 9.91. The highest BCUT2D eigenvalue weighted by molar-refractivity contribution is 9.10. The van der Waals surface area contributed by atoms with Gasteiger partial charge >= 0.3 is 5.97 Å². The molecule has 1 atom stereocenters. The van der Waals surface area contributed by atoms with Crippen molar-refractivity contribution in [3.05, 3.63) is 69.4 Å². The molecule has 0 fully saturated rings. The minimum Gasteiger partial charge on any atom is -0.481 e. The largest absolute Gasteiger partial charge is 0.481 e. The Balaban J connectivity index is 2.43. The zero-order valence-corrected chi connectivity index (χ0v) is 12.2. The fourth-order valence-corrected chi connectivity index (χ4v) is 2.40. The summed E-state index contributed by atoms with van der Waals surface area (Å²) in [5, 5.41) is 9.25. The average molecular weight is 359 g/mol. The number of benzene rings is 2. The van der Waals surface area contributed by atoms with E-state index in [-0.39, 0.29) is 15.6 Å². The SMILES string of the molecule is O=C(O)C(Cc1c(F)ccc(Br)c1F)c1cccc(F)c1. The molecule has 0 spiro atoms. The van der Waals surface area contributed by atoms with Crippen molar-refractivity contribution in [2.24, 2.45) is 0 Å². The van der Waals surface area contributed by atoms with Gasteiger partial charge in [0.25, 0.3) is 0 Å². The number of rotatable bonds is 4. The lowest BCUT2D eigenvalue weighted by Crippen LogP contribution is -2.16. The molecule has 1 unspecified atom stereocenters. The highest BCUT2D eigenvalue weighted by Gasteiger charge is 2.25. The maximum Gasteiger partial charge on any atom is 0.311 e. The number of carboxylic acids is 1. The van der Waals surface area contributed by atoms with Crippen molar-refractivity contribution >= 4 is 21.9 Å². The molecule has 0 heterocycles. The summed E-state index contributed by atoms with van der Waals surface area (Å²) in [6.07, 6.45) is -0.407. The Morgan fingerprint density at radius 1 is 1.19 bits per heavy atom. The van der Waals surface area contributed by atoms with Crippen molar-refractivity contribution in [3.8, 4) is 0 Å². The van der Waals surface area contributed by atoms with Crippen LogP contribution in [0.1, 0.15) is 17.0 Å². The monoisotopic (exact) mass is 358 g/mol. The van der Waals surface area contributed by atoms with E-state index in [0.29, 0.717) is 0 Å². The zero-order valence-electron chi connectivity index (χ0n) is 10.6. The van der Waals surface area contributed by atoms with E-state index < -0.39 is 35.8 Å². The van der Waals surface area contributed by atoms with Crippen molar-refractivity contribution in [1.82, 2.24) is 0 Å².